The summed E-state index contributed by atoms with van der Waals surface area (Å²) in [6, 6.07) is 43.7. The molecular weight excluding hydrogens is 2020 g/mol. The monoisotopic (exact) mass is 2160 g/mol. The quantitative estimate of drug-likeness (QED) is 0.0227. The molecule has 1 amide bonds. The first-order valence-corrected chi connectivity index (χ1v) is 61.1. The van der Waals surface area contributed by atoms with E-state index in [-0.39, 0.29) is 85.5 Å². The number of carbonyl (C=O) groups is 4. The number of hydrogen-bond acceptors (Lipinski definition) is 23. The van der Waals surface area contributed by atoms with Gasteiger partial charge in [-0.15, -0.1) is 34.7 Å². The number of morpholine rings is 3. The van der Waals surface area contributed by atoms with Crippen LogP contribution in [0.2, 0.25) is 34.7 Å². The largest absolute Gasteiger partial charge is 1.00 e. The number of rotatable bonds is 16. The number of amides is 1. The smallest absolute Gasteiger partial charge is 0.773 e. The van der Waals surface area contributed by atoms with Gasteiger partial charge in [-0.1, -0.05) is 161 Å². The van der Waals surface area contributed by atoms with Gasteiger partial charge in [-0.05, 0) is 194 Å². The van der Waals surface area contributed by atoms with Crippen molar-refractivity contribution in [3.05, 3.63) is 235 Å². The number of sulfone groups is 2. The van der Waals surface area contributed by atoms with E-state index in [0.29, 0.717) is 83.9 Å². The predicted octanol–water partition coefficient (Wildman–Crippen LogP) is 17.7. The van der Waals surface area contributed by atoms with Crippen LogP contribution in [-0.2, 0) is 88.9 Å². The van der Waals surface area contributed by atoms with Gasteiger partial charge in [-0.3, -0.25) is 23.7 Å². The van der Waals surface area contributed by atoms with Crippen LogP contribution in [0, 0.1) is 25.7 Å². The minimum absolute atomic E-state index is 0. The summed E-state index contributed by atoms with van der Waals surface area (Å²) in [7, 11) is -2.61. The summed E-state index contributed by atoms with van der Waals surface area (Å²) in [5, 5.41) is 3.59. The molecule has 10 aromatic rings. The number of methoxy groups -OCH3 is 3. The Bertz CT molecular complexity index is 5470. The number of aromatic nitrogens is 4. The van der Waals surface area contributed by atoms with Crippen molar-refractivity contribution >= 4 is 153 Å². The second kappa shape index (κ2) is 65.7. The van der Waals surface area contributed by atoms with Gasteiger partial charge >= 0.3 is 47.5 Å². The Morgan fingerprint density at radius 1 is 0.485 bits per heavy atom. The van der Waals surface area contributed by atoms with Gasteiger partial charge in [0.1, 0.15) is 11.3 Å². The molecule has 1 atom stereocenters. The molecule has 136 heavy (non-hydrogen) atoms. The third-order valence-electron chi connectivity index (χ3n) is 21.3. The standard InChI is InChI=1S/C27H28N4O4S.C14H13N3.C14H19NO5S.C13H16BrNO3.C9H8Br2O2.C8H14.C5H10O.2C2H6.CH4O2S.6CH3.2Al.Na/c1-19-4-3-11-31-18-25(29-26(19)31)20-5-7-22(8-6-20)28-27(32)24-10-9-23(36(2,33)34)16-21(24)17-30-12-14-35-15-13-30;1-10-3-2-8-17-9-13(16-14(10)17)11-4-6-12(15)7-5-11;1-19-14(16)13-4-3-12(21(2,17)18)9-11(13)10-15-5-7-20-8-6-15;1-17-13(16)12-3-2-11(14)8-10(12)9-15-4-6-18-7-5-15;1-13-9(12)8-3-2-7(11)4-6(8)5-10;1-2-8-5-3-7(1)4-6-8;1-2-4-6-5-3-1;2*1-2;1-4(2)3;;;;;;;;;/h3-11,16,18H,12-15,17H2,1-2H3,(H,28,32);2-9H,15H2,1H3;3-4,9H,5-8,10H2,1-2H3;2-3,8H,4-7,9H2,1H3;2-4H,5H2,1H3;7-8H,1-6H2;1-5H2;2*1-2H3;1H3,(H,2,3);6*1H3;;;/q;;;;;;;;;;;;;;;;;;+1/p-1. The van der Waals surface area contributed by atoms with Crippen molar-refractivity contribution < 1.29 is 107 Å². The number of esters is 3. The second-order valence-electron chi connectivity index (χ2n) is 33.8. The molecule has 17 rings (SSSR count). The fourth-order valence-corrected chi connectivity index (χ4v) is 17.1. The van der Waals surface area contributed by atoms with Crippen LogP contribution in [0.25, 0.3) is 33.8 Å². The number of hydrogen-bond donors (Lipinski definition) is 2. The molecule has 35 heteroatoms. The van der Waals surface area contributed by atoms with E-state index in [9.17, 15) is 36.0 Å². The summed E-state index contributed by atoms with van der Waals surface area (Å²) in [5.41, 5.74) is 20.5. The SMILES string of the molecule is C1CC2CCC1CC2.C1CCOCC1.CC.CC.COC(=O)c1ccc(Br)cc1CBr.COC(=O)c1ccc(Br)cc1CN1CCOCC1.COC(=O)c1ccc(S(C)(=O)=O)cc1CN1CCOCC1.CS(=O)[O-].Cc1cccn2cc(-c3ccc(N)cc3)nc12.Cc1cccn2cc(-c3ccc(NC(=O)c4ccc(S(C)(=O)=O)cc4CN4CCOCC4)cc3)nc12.[CH3][Al]([CH3])[CH3].[CH3][Al]([CH3])[CH3].[Na+]. The minimum atomic E-state index is -3.39. The van der Waals surface area contributed by atoms with Crippen molar-refractivity contribution in [1.82, 2.24) is 33.5 Å². The van der Waals surface area contributed by atoms with Crippen LogP contribution in [0.15, 0.2) is 189 Å². The van der Waals surface area contributed by atoms with Gasteiger partial charge in [0.15, 0.2) is 19.7 Å². The number of alkyl halides is 1. The molecular formula is C101H141Al2Br3N9NaO17S3. The molecule has 8 heterocycles. The van der Waals surface area contributed by atoms with E-state index in [1.54, 1.807) is 68.9 Å². The van der Waals surface area contributed by atoms with Crippen molar-refractivity contribution in [2.24, 2.45) is 11.8 Å². The Morgan fingerprint density at radius 3 is 1.10 bits per heavy atom. The molecule has 4 aromatic heterocycles. The molecule has 0 radical (unpaired) electrons. The molecule has 7 fully saturated rings. The number of imidazole rings is 2. The van der Waals surface area contributed by atoms with Crippen molar-refractivity contribution in [1.29, 1.82) is 0 Å². The topological polar surface area (TPSA) is 324 Å². The Balaban J connectivity index is 0.000000338. The number of nitrogens with zero attached hydrogens (tertiary/aromatic N) is 7. The summed E-state index contributed by atoms with van der Waals surface area (Å²) in [6.07, 6.45) is 24.7. The Kier molecular flexibility index (Phi) is 58.9. The molecule has 3 aliphatic carbocycles. The number of carbonyl (C=O) groups excluding carboxylic acids is 4. The van der Waals surface area contributed by atoms with E-state index in [1.807, 2.05) is 159 Å². The average molecular weight is 2170 g/mol. The third-order valence-corrected chi connectivity index (χ3v) is 25.1. The Hall–Kier alpha value is -6.39. The molecule has 6 aromatic carbocycles. The molecule has 1 unspecified atom stereocenters. The van der Waals surface area contributed by atoms with Crippen molar-refractivity contribution in [2.75, 3.05) is 143 Å². The average Bonchev–Trinajstić information content (AvgIpc) is 1.17. The van der Waals surface area contributed by atoms with Crippen LogP contribution < -0.4 is 40.6 Å². The van der Waals surface area contributed by atoms with Crippen LogP contribution in [0.1, 0.15) is 160 Å². The fourth-order valence-electron chi connectivity index (χ4n) is 14.5. The normalized spacial score (nSPS) is 15.6. The second-order valence-corrected chi connectivity index (χ2v) is 48.0. The number of fused-ring (bicyclic) bond motifs is 5. The van der Waals surface area contributed by atoms with Gasteiger partial charge in [0.05, 0.1) is 98.8 Å². The Labute approximate surface area is 867 Å². The van der Waals surface area contributed by atoms with Crippen LogP contribution in [0.5, 0.6) is 0 Å². The van der Waals surface area contributed by atoms with Crippen LogP contribution in [0.3, 0.4) is 0 Å². The first-order valence-electron chi connectivity index (χ1n) is 46.2. The van der Waals surface area contributed by atoms with Crippen LogP contribution >= 0.6 is 47.8 Å². The number of aryl methyl sites for hydroxylation is 2. The zero-order valence-electron chi connectivity index (χ0n) is 83.1. The number of ether oxygens (including phenoxy) is 7. The number of nitrogen functional groups attached to an aromatic ring is 1. The molecule has 7 aliphatic rings. The van der Waals surface area contributed by atoms with E-state index >= 15 is 0 Å². The number of anilines is 2. The number of halogens is 3. The summed E-state index contributed by atoms with van der Waals surface area (Å²) in [5.74, 6) is 14.8. The summed E-state index contributed by atoms with van der Waals surface area (Å²) < 4.78 is 107. The molecule has 0 spiro atoms. The van der Waals surface area contributed by atoms with E-state index < -0.39 is 36.7 Å². The van der Waals surface area contributed by atoms with Gasteiger partial charge in [0.25, 0.3) is 34.2 Å². The van der Waals surface area contributed by atoms with Crippen molar-refractivity contribution in [3.63, 3.8) is 0 Å². The third kappa shape index (κ3) is 44.4. The van der Waals surface area contributed by atoms with Crippen LogP contribution in [0.4, 0.5) is 11.4 Å². The van der Waals surface area contributed by atoms with Gasteiger partial charge in [0, 0.05) is 152 Å². The number of benzene rings is 6. The Morgan fingerprint density at radius 2 is 0.794 bits per heavy atom. The van der Waals surface area contributed by atoms with E-state index in [0.717, 1.165) is 162 Å². The van der Waals surface area contributed by atoms with Crippen LogP contribution in [-0.4, -0.2) is 243 Å². The zero-order valence-corrected chi connectivity index (χ0v) is 94.6. The van der Waals surface area contributed by atoms with E-state index in [1.165, 1.54) is 70.6 Å². The zero-order chi connectivity index (χ0) is 99.7. The first kappa shape index (κ1) is 122. The number of nitrogens with two attached hydrogens (primary N) is 1. The van der Waals surface area contributed by atoms with Crippen molar-refractivity contribution in [2.45, 2.75) is 169 Å². The molecule has 2 bridgehead atoms. The van der Waals surface area contributed by atoms with Gasteiger partial charge in [-0.25, -0.2) is 41.2 Å². The fraction of sp³-hybridized carbons (Fsp3) is 0.465. The van der Waals surface area contributed by atoms with Gasteiger partial charge < -0.3 is 57.6 Å². The maximum Gasteiger partial charge on any atom is 1.00 e. The first-order chi connectivity index (χ1) is 64.5. The number of nitrogens with one attached hydrogen (secondary N) is 1. The van der Waals surface area contributed by atoms with Gasteiger partial charge in [0.2, 0.25) is 0 Å². The number of pyridine rings is 2. The molecule has 4 aliphatic heterocycles. The summed E-state index contributed by atoms with van der Waals surface area (Å²) >= 11 is 7.94. The summed E-state index contributed by atoms with van der Waals surface area (Å²) in [6.45, 7) is 24.6. The predicted molar refractivity (Wildman–Crippen MR) is 559 cm³/mol. The maximum absolute atomic E-state index is 13.2. The van der Waals surface area contributed by atoms with Gasteiger partial charge in [-0.2, -0.15) is 0 Å². The molecule has 4 saturated heterocycles. The van der Waals surface area contributed by atoms with E-state index in [2.05, 4.69) is 125 Å². The van der Waals surface area contributed by atoms with E-state index in [4.69, 9.17) is 47.9 Å². The molecule has 3 N–H and O–H groups in total. The summed E-state index contributed by atoms with van der Waals surface area (Å²) in [4.78, 5) is 64.3. The minimum Gasteiger partial charge on any atom is -0.773 e. The molecule has 3 saturated carbocycles. The molecule has 738 valence electrons. The maximum atomic E-state index is 13.2. The van der Waals surface area contributed by atoms with Crippen molar-refractivity contribution in [3.8, 4) is 22.5 Å². The molecule has 26 nitrogen and oxygen atoms in total.